The Morgan fingerprint density at radius 1 is 1.00 bits per heavy atom. The second-order valence-electron chi connectivity index (χ2n) is 4.82. The van der Waals surface area contributed by atoms with Gasteiger partial charge in [0.1, 0.15) is 6.04 Å². The van der Waals surface area contributed by atoms with E-state index in [1.165, 1.54) is 5.92 Å². The maximum absolute atomic E-state index is 4.01. The van der Waals surface area contributed by atoms with Crippen LogP contribution >= 0.6 is 0 Å². The van der Waals surface area contributed by atoms with Gasteiger partial charge in [0, 0.05) is 18.2 Å². The predicted molar refractivity (Wildman–Crippen MR) is 79.5 cm³/mol. The van der Waals surface area contributed by atoms with Crippen LogP contribution in [0.5, 0.6) is 0 Å². The Kier molecular flexibility index (Phi) is 8.53. The van der Waals surface area contributed by atoms with Gasteiger partial charge in [0.2, 0.25) is 0 Å². The molecule has 0 amide bonds. The third-order valence-corrected chi connectivity index (χ3v) is 3.28. The van der Waals surface area contributed by atoms with Gasteiger partial charge in [-0.2, -0.15) is 0 Å². The third kappa shape index (κ3) is 5.39. The van der Waals surface area contributed by atoms with Gasteiger partial charge in [-0.15, -0.1) is 5.10 Å². The Hall–Kier alpha value is -0.381. The molecule has 4 nitrogen and oxygen atoms in total. The third-order valence-electron chi connectivity index (χ3n) is 3.28. The zero-order valence-corrected chi connectivity index (χ0v) is 13.6. The van der Waals surface area contributed by atoms with E-state index in [2.05, 4.69) is 49.1 Å². The Morgan fingerprint density at radius 2 is 1.62 bits per heavy atom. The van der Waals surface area contributed by atoms with E-state index in [9.17, 15) is 0 Å². The summed E-state index contributed by atoms with van der Waals surface area (Å²) < 4.78 is 1.80. The minimum atomic E-state index is 0. The molecule has 1 atom stereocenters. The Morgan fingerprint density at radius 3 is 2.10 bits per heavy atom. The summed E-state index contributed by atoms with van der Waals surface area (Å²) in [6.45, 7) is 2.18. The summed E-state index contributed by atoms with van der Waals surface area (Å²) in [5, 5.41) is 7.83. The van der Waals surface area contributed by atoms with Gasteiger partial charge in [0.25, 0.3) is 0 Å². The van der Waals surface area contributed by atoms with Crippen molar-refractivity contribution in [3.05, 3.63) is 75.7 Å². The Balaban J connectivity index is 0.000000313. The smallest absolute Gasteiger partial charge is 0.306 e. The summed E-state index contributed by atoms with van der Waals surface area (Å²) in [6, 6.07) is 1.48. The monoisotopic (exact) mass is 324 g/mol. The number of hydrogen-bond acceptors (Lipinski definition) is 3. The summed E-state index contributed by atoms with van der Waals surface area (Å²) in [7, 11) is 4.14. The molecule has 2 saturated carbocycles. The molecular formula is C16H20FeN4+2. The van der Waals surface area contributed by atoms with Gasteiger partial charge in [0.05, 0.1) is 6.20 Å². The second-order valence-corrected chi connectivity index (χ2v) is 4.82. The average Bonchev–Trinajstić information content (AvgIpc) is 3.18. The van der Waals surface area contributed by atoms with Crippen LogP contribution in [0.15, 0.2) is 12.4 Å². The van der Waals surface area contributed by atoms with E-state index in [0.717, 1.165) is 6.04 Å². The van der Waals surface area contributed by atoms with E-state index in [1.807, 2.05) is 44.7 Å². The molecule has 0 saturated heterocycles. The first-order valence-corrected chi connectivity index (χ1v) is 6.65. The molecule has 1 heterocycles. The van der Waals surface area contributed by atoms with Gasteiger partial charge >= 0.3 is 17.1 Å². The van der Waals surface area contributed by atoms with Crippen LogP contribution in [0.2, 0.25) is 0 Å². The quantitative estimate of drug-likeness (QED) is 0.796. The van der Waals surface area contributed by atoms with Crippen molar-refractivity contribution in [3.8, 4) is 0 Å². The van der Waals surface area contributed by atoms with E-state index in [1.54, 1.807) is 10.9 Å². The fourth-order valence-electron chi connectivity index (χ4n) is 1.92. The fourth-order valence-corrected chi connectivity index (χ4v) is 1.92. The molecule has 2 aliphatic carbocycles. The molecule has 1 aromatic heterocycles. The van der Waals surface area contributed by atoms with Crippen LogP contribution in [0, 0.1) is 63.3 Å². The van der Waals surface area contributed by atoms with Crippen LogP contribution in [0.1, 0.15) is 6.92 Å². The zero-order chi connectivity index (χ0) is 14.4. The molecule has 3 rings (SSSR count). The summed E-state index contributed by atoms with van der Waals surface area (Å²) in [5.74, 6) is 1.27. The first-order valence-electron chi connectivity index (χ1n) is 6.65. The van der Waals surface area contributed by atoms with Crippen molar-refractivity contribution in [1.29, 1.82) is 0 Å². The van der Waals surface area contributed by atoms with Crippen LogP contribution in [-0.4, -0.2) is 40.0 Å². The molecule has 0 aromatic carbocycles. The molecule has 0 bridgehead atoms. The SMILES string of the molecule is C[C@H]([C]1[CH][CH][CH][C]1n1ccnn1)N(C)C.[CH]1[CH][CH][CH][CH]1.[Fe+2]. The van der Waals surface area contributed by atoms with Crippen molar-refractivity contribution in [1.82, 2.24) is 19.9 Å². The molecule has 110 valence electrons. The minimum Gasteiger partial charge on any atom is -0.306 e. The van der Waals surface area contributed by atoms with Crippen molar-refractivity contribution in [2.24, 2.45) is 0 Å². The molecule has 0 unspecified atom stereocenters. The number of rotatable bonds is 3. The van der Waals surface area contributed by atoms with Crippen molar-refractivity contribution in [2.45, 2.75) is 13.0 Å². The van der Waals surface area contributed by atoms with Crippen LogP contribution in [-0.2, 0) is 17.1 Å². The van der Waals surface area contributed by atoms with Crippen molar-refractivity contribution >= 4 is 0 Å². The van der Waals surface area contributed by atoms with Crippen LogP contribution in [0.25, 0.3) is 0 Å². The van der Waals surface area contributed by atoms with E-state index in [4.69, 9.17) is 0 Å². The normalized spacial score (nSPS) is 21.0. The number of nitrogens with zero attached hydrogens (tertiary/aromatic N) is 4. The molecule has 10 radical (unpaired) electrons. The van der Waals surface area contributed by atoms with Crippen LogP contribution in [0.4, 0.5) is 0 Å². The van der Waals surface area contributed by atoms with Crippen LogP contribution in [0.3, 0.4) is 0 Å². The standard InChI is InChI=1S/C11H15N4.C5H5.Fe/c1-9(14(2)3)10-5-4-6-11(10)15-8-7-12-13-15;1-2-4-5-3-1;/h4-9H,1-3H3;1-5H;/q;;+2/t9-;;/m1../s1. The van der Waals surface area contributed by atoms with Gasteiger partial charge in [-0.25, -0.2) is 4.68 Å². The molecule has 0 N–H and O–H groups in total. The van der Waals surface area contributed by atoms with Crippen molar-refractivity contribution in [3.63, 3.8) is 0 Å². The molecule has 5 heteroatoms. The first-order chi connectivity index (χ1) is 9.70. The van der Waals surface area contributed by atoms with Crippen molar-refractivity contribution in [2.75, 3.05) is 14.1 Å². The molecule has 21 heavy (non-hydrogen) atoms. The summed E-state index contributed by atoms with van der Waals surface area (Å²) in [4.78, 5) is 2.18. The van der Waals surface area contributed by atoms with Gasteiger partial charge in [0.15, 0.2) is 0 Å². The second kappa shape index (κ2) is 9.60. The Bertz CT molecular complexity index is 355. The maximum Gasteiger partial charge on any atom is 2.00 e. The van der Waals surface area contributed by atoms with Gasteiger partial charge < -0.3 is 4.90 Å². The fraction of sp³-hybridized carbons (Fsp3) is 0.250. The number of hydrogen-bond donors (Lipinski definition) is 0. The average molecular weight is 324 g/mol. The van der Waals surface area contributed by atoms with Gasteiger partial charge in [-0.05, 0) is 72.4 Å². The van der Waals surface area contributed by atoms with Crippen LogP contribution < -0.4 is 0 Å². The predicted octanol–water partition coefficient (Wildman–Crippen LogP) is 1.83. The summed E-state index contributed by atoms with van der Waals surface area (Å²) in [5.41, 5.74) is 0. The Labute approximate surface area is 140 Å². The topological polar surface area (TPSA) is 34.0 Å². The largest absolute Gasteiger partial charge is 2.00 e. The molecule has 2 fully saturated rings. The molecule has 0 aliphatic heterocycles. The van der Waals surface area contributed by atoms with Gasteiger partial charge in [-0.3, -0.25) is 0 Å². The number of aromatic nitrogens is 3. The van der Waals surface area contributed by atoms with Gasteiger partial charge in [-0.1, -0.05) is 5.21 Å². The molecule has 1 aromatic rings. The molecule has 2 aliphatic rings. The van der Waals surface area contributed by atoms with E-state index < -0.39 is 0 Å². The van der Waals surface area contributed by atoms with Crippen molar-refractivity contribution < 1.29 is 17.1 Å². The summed E-state index contributed by atoms with van der Waals surface area (Å²) >= 11 is 0. The minimum absolute atomic E-state index is 0. The zero-order valence-electron chi connectivity index (χ0n) is 12.5. The van der Waals surface area contributed by atoms with E-state index >= 15 is 0 Å². The molecule has 0 spiro atoms. The molecular weight excluding hydrogens is 304 g/mol. The first kappa shape index (κ1) is 18.7. The summed E-state index contributed by atoms with van der Waals surface area (Å²) in [6.07, 6.45) is 19.8. The van der Waals surface area contributed by atoms with E-state index in [-0.39, 0.29) is 17.1 Å². The maximum atomic E-state index is 4.01. The van der Waals surface area contributed by atoms with E-state index in [0.29, 0.717) is 6.04 Å².